The highest BCUT2D eigenvalue weighted by atomic mass is 15.0. The summed E-state index contributed by atoms with van der Waals surface area (Å²) >= 11 is 0. The van der Waals surface area contributed by atoms with Crippen LogP contribution in [-0.4, -0.2) is 19.4 Å². The predicted molar refractivity (Wildman–Crippen MR) is 101 cm³/mol. The van der Waals surface area contributed by atoms with E-state index in [9.17, 15) is 0 Å². The lowest BCUT2D eigenvalue weighted by molar-refractivity contribution is 1.08. The van der Waals surface area contributed by atoms with Crippen LogP contribution >= 0.6 is 0 Å². The van der Waals surface area contributed by atoms with E-state index in [0.717, 1.165) is 40.3 Å². The molecule has 0 aliphatic rings. The molecule has 0 radical (unpaired) electrons. The van der Waals surface area contributed by atoms with Gasteiger partial charge in [-0.05, 0) is 43.5 Å². The third kappa shape index (κ3) is 2.70. The van der Waals surface area contributed by atoms with Crippen LogP contribution in [-0.2, 0) is 6.42 Å². The van der Waals surface area contributed by atoms with Crippen LogP contribution in [0.4, 0.5) is 0 Å². The van der Waals surface area contributed by atoms with Gasteiger partial charge >= 0.3 is 0 Å². The zero-order chi connectivity index (χ0) is 17.4. The van der Waals surface area contributed by atoms with E-state index in [4.69, 9.17) is 4.98 Å². The fraction of sp³-hybridized carbons (Fsp3) is 0.190. The molecular weight excluding hydrogens is 308 g/mol. The van der Waals surface area contributed by atoms with Gasteiger partial charge in [-0.2, -0.15) is 0 Å². The number of rotatable bonds is 3. The molecule has 0 saturated carbocycles. The number of pyridine rings is 1. The molecule has 4 rings (SSSR count). The maximum Gasteiger partial charge on any atom is 0.138 e. The van der Waals surface area contributed by atoms with Crippen LogP contribution < -0.4 is 0 Å². The molecule has 1 aromatic carbocycles. The Kier molecular flexibility index (Phi) is 3.80. The highest BCUT2D eigenvalue weighted by molar-refractivity contribution is 5.81. The Morgan fingerprint density at radius 3 is 2.52 bits per heavy atom. The van der Waals surface area contributed by atoms with E-state index in [1.807, 2.05) is 13.1 Å². The van der Waals surface area contributed by atoms with Gasteiger partial charge in [-0.1, -0.05) is 36.8 Å². The van der Waals surface area contributed by atoms with Gasteiger partial charge in [0.25, 0.3) is 0 Å². The Bertz CT molecular complexity index is 1050. The minimum atomic E-state index is 0.919. The van der Waals surface area contributed by atoms with Gasteiger partial charge in [-0.25, -0.2) is 15.0 Å². The van der Waals surface area contributed by atoms with Crippen LogP contribution in [0.15, 0.2) is 55.1 Å². The summed E-state index contributed by atoms with van der Waals surface area (Å²) in [5.41, 5.74) is 8.48. The van der Waals surface area contributed by atoms with Crippen molar-refractivity contribution in [3.05, 3.63) is 71.8 Å². The Balaban J connectivity index is 2.05. The van der Waals surface area contributed by atoms with Gasteiger partial charge in [0.1, 0.15) is 12.0 Å². The summed E-state index contributed by atoms with van der Waals surface area (Å²) in [5.74, 6) is 0. The van der Waals surface area contributed by atoms with Crippen molar-refractivity contribution in [1.82, 2.24) is 19.4 Å². The Morgan fingerprint density at radius 1 is 1.00 bits per heavy atom. The van der Waals surface area contributed by atoms with Crippen LogP contribution in [0.1, 0.15) is 23.6 Å². The van der Waals surface area contributed by atoms with Crippen molar-refractivity contribution in [3.63, 3.8) is 0 Å². The SMILES string of the molecule is CCc1ccn2c(-c3ncncc3C)c(-c3ccc(C)cc3)nc2c1. The van der Waals surface area contributed by atoms with E-state index in [2.05, 4.69) is 70.8 Å². The molecule has 4 nitrogen and oxygen atoms in total. The fourth-order valence-electron chi connectivity index (χ4n) is 3.09. The molecule has 25 heavy (non-hydrogen) atoms. The number of aromatic nitrogens is 4. The van der Waals surface area contributed by atoms with Gasteiger partial charge in [0.05, 0.1) is 17.1 Å². The topological polar surface area (TPSA) is 43.1 Å². The summed E-state index contributed by atoms with van der Waals surface area (Å²) in [7, 11) is 0. The van der Waals surface area contributed by atoms with Crippen molar-refractivity contribution in [3.8, 4) is 22.6 Å². The largest absolute Gasteiger partial charge is 0.298 e. The molecule has 0 fully saturated rings. The van der Waals surface area contributed by atoms with Gasteiger partial charge in [0.2, 0.25) is 0 Å². The third-order valence-electron chi connectivity index (χ3n) is 4.54. The molecule has 0 N–H and O–H groups in total. The van der Waals surface area contributed by atoms with E-state index in [1.165, 1.54) is 11.1 Å². The fourth-order valence-corrected chi connectivity index (χ4v) is 3.09. The monoisotopic (exact) mass is 328 g/mol. The number of aryl methyl sites for hydroxylation is 3. The Hall–Kier alpha value is -3.01. The summed E-state index contributed by atoms with van der Waals surface area (Å²) in [5, 5.41) is 0. The van der Waals surface area contributed by atoms with Crippen molar-refractivity contribution in [1.29, 1.82) is 0 Å². The summed E-state index contributed by atoms with van der Waals surface area (Å²) in [6.07, 6.45) is 6.53. The van der Waals surface area contributed by atoms with Crippen molar-refractivity contribution in [2.75, 3.05) is 0 Å². The number of fused-ring (bicyclic) bond motifs is 1. The van der Waals surface area contributed by atoms with E-state index in [1.54, 1.807) is 6.33 Å². The molecule has 4 heteroatoms. The van der Waals surface area contributed by atoms with E-state index in [-0.39, 0.29) is 0 Å². The van der Waals surface area contributed by atoms with Gasteiger partial charge in [0, 0.05) is 18.0 Å². The van der Waals surface area contributed by atoms with Crippen molar-refractivity contribution < 1.29 is 0 Å². The van der Waals surface area contributed by atoms with Crippen molar-refractivity contribution >= 4 is 5.65 Å². The number of imidazole rings is 1. The summed E-state index contributed by atoms with van der Waals surface area (Å²) in [6.45, 7) is 6.29. The normalized spacial score (nSPS) is 11.2. The maximum atomic E-state index is 4.94. The third-order valence-corrected chi connectivity index (χ3v) is 4.54. The Labute approximate surface area is 147 Å². The van der Waals surface area contributed by atoms with Crippen LogP contribution in [0, 0.1) is 13.8 Å². The lowest BCUT2D eigenvalue weighted by atomic mass is 10.1. The second-order valence-electron chi connectivity index (χ2n) is 6.35. The molecule has 3 heterocycles. The average molecular weight is 328 g/mol. The summed E-state index contributed by atoms with van der Waals surface area (Å²) < 4.78 is 2.13. The smallest absolute Gasteiger partial charge is 0.138 e. The second kappa shape index (κ2) is 6.13. The molecule has 0 aliphatic heterocycles. The van der Waals surface area contributed by atoms with Gasteiger partial charge < -0.3 is 0 Å². The maximum absolute atomic E-state index is 4.94. The van der Waals surface area contributed by atoms with Gasteiger partial charge in [-0.15, -0.1) is 0 Å². The second-order valence-corrected chi connectivity index (χ2v) is 6.35. The van der Waals surface area contributed by atoms with Crippen LogP contribution in [0.2, 0.25) is 0 Å². The lowest BCUT2D eigenvalue weighted by Gasteiger charge is -2.08. The molecule has 0 aliphatic carbocycles. The average Bonchev–Trinajstić information content (AvgIpc) is 3.01. The van der Waals surface area contributed by atoms with E-state index in [0.29, 0.717) is 0 Å². The van der Waals surface area contributed by atoms with Crippen LogP contribution in [0.25, 0.3) is 28.3 Å². The standard InChI is InChI=1S/C21H20N4/c1-4-16-9-10-25-18(11-16)24-20(17-7-5-14(2)6-8-17)21(25)19-15(3)12-22-13-23-19/h5-13H,4H2,1-3H3. The van der Waals surface area contributed by atoms with Crippen LogP contribution in [0.3, 0.4) is 0 Å². The van der Waals surface area contributed by atoms with Crippen molar-refractivity contribution in [2.45, 2.75) is 27.2 Å². The summed E-state index contributed by atoms with van der Waals surface area (Å²) in [6, 6.07) is 12.8. The first-order valence-corrected chi connectivity index (χ1v) is 8.52. The number of hydrogen-bond acceptors (Lipinski definition) is 3. The first-order valence-electron chi connectivity index (χ1n) is 8.52. The molecule has 0 saturated heterocycles. The highest BCUT2D eigenvalue weighted by Crippen LogP contribution is 2.33. The molecule has 0 amide bonds. The zero-order valence-corrected chi connectivity index (χ0v) is 14.7. The van der Waals surface area contributed by atoms with Crippen LogP contribution in [0.5, 0.6) is 0 Å². The minimum Gasteiger partial charge on any atom is -0.298 e. The molecular formula is C21H20N4. The predicted octanol–water partition coefficient (Wildman–Crippen LogP) is 4.64. The number of hydrogen-bond donors (Lipinski definition) is 0. The molecule has 0 atom stereocenters. The van der Waals surface area contributed by atoms with Crippen molar-refractivity contribution in [2.24, 2.45) is 0 Å². The molecule has 0 bridgehead atoms. The highest BCUT2D eigenvalue weighted by Gasteiger charge is 2.18. The van der Waals surface area contributed by atoms with Gasteiger partial charge in [-0.3, -0.25) is 4.40 Å². The first kappa shape index (κ1) is 15.5. The molecule has 124 valence electrons. The first-order chi connectivity index (χ1) is 12.2. The zero-order valence-electron chi connectivity index (χ0n) is 14.7. The molecule has 0 unspecified atom stereocenters. The summed E-state index contributed by atoms with van der Waals surface area (Å²) in [4.78, 5) is 13.6. The lowest BCUT2D eigenvalue weighted by Crippen LogP contribution is -1.96. The van der Waals surface area contributed by atoms with E-state index < -0.39 is 0 Å². The Morgan fingerprint density at radius 2 is 1.80 bits per heavy atom. The van der Waals surface area contributed by atoms with Gasteiger partial charge in [0.15, 0.2) is 0 Å². The molecule has 3 aromatic heterocycles. The number of nitrogens with zero attached hydrogens (tertiary/aromatic N) is 4. The quantitative estimate of drug-likeness (QED) is 0.550. The number of benzene rings is 1. The minimum absolute atomic E-state index is 0.919. The molecule has 0 spiro atoms. The molecule has 4 aromatic rings. The van der Waals surface area contributed by atoms with E-state index >= 15 is 0 Å².